The van der Waals surface area contributed by atoms with Crippen molar-refractivity contribution in [3.63, 3.8) is 0 Å². The molecule has 1 heterocycles. The minimum absolute atomic E-state index is 0.691. The average molecular weight is 223 g/mol. The van der Waals surface area contributed by atoms with Crippen molar-refractivity contribution in [3.05, 3.63) is 24.2 Å². The molecular formula is C14H25NO. The lowest BCUT2D eigenvalue weighted by Gasteiger charge is -2.21. The van der Waals surface area contributed by atoms with Gasteiger partial charge in [-0.05, 0) is 48.9 Å². The van der Waals surface area contributed by atoms with E-state index in [1.165, 1.54) is 5.56 Å². The summed E-state index contributed by atoms with van der Waals surface area (Å²) >= 11 is 0. The quantitative estimate of drug-likeness (QED) is 0.767. The van der Waals surface area contributed by atoms with Gasteiger partial charge in [0.2, 0.25) is 0 Å². The molecule has 1 N–H and O–H groups in total. The van der Waals surface area contributed by atoms with E-state index in [1.54, 1.807) is 6.26 Å². The molecule has 0 fully saturated rings. The second-order valence-electron chi connectivity index (χ2n) is 5.39. The van der Waals surface area contributed by atoms with Gasteiger partial charge in [0.05, 0.1) is 12.5 Å². The van der Waals surface area contributed by atoms with E-state index in [1.807, 2.05) is 6.26 Å². The minimum Gasteiger partial charge on any atom is -0.472 e. The third-order valence-corrected chi connectivity index (χ3v) is 2.98. The Balaban J connectivity index is 2.36. The second kappa shape index (κ2) is 6.74. The van der Waals surface area contributed by atoms with Crippen LogP contribution in [0.25, 0.3) is 0 Å². The Labute approximate surface area is 99.4 Å². The fourth-order valence-electron chi connectivity index (χ4n) is 1.81. The molecule has 1 rings (SSSR count). The van der Waals surface area contributed by atoms with Crippen molar-refractivity contribution in [1.82, 2.24) is 5.32 Å². The predicted molar refractivity (Wildman–Crippen MR) is 68.4 cm³/mol. The van der Waals surface area contributed by atoms with Crippen LogP contribution in [0, 0.1) is 17.8 Å². The Bertz CT molecular complexity index is 264. The van der Waals surface area contributed by atoms with E-state index in [2.05, 4.69) is 39.1 Å². The van der Waals surface area contributed by atoms with Gasteiger partial charge in [0.25, 0.3) is 0 Å². The zero-order valence-corrected chi connectivity index (χ0v) is 11.0. The highest BCUT2D eigenvalue weighted by atomic mass is 16.3. The van der Waals surface area contributed by atoms with Crippen molar-refractivity contribution in [2.45, 2.75) is 34.1 Å². The van der Waals surface area contributed by atoms with Gasteiger partial charge in [0.15, 0.2) is 0 Å². The van der Waals surface area contributed by atoms with Crippen molar-refractivity contribution in [2.75, 3.05) is 13.1 Å². The summed E-state index contributed by atoms with van der Waals surface area (Å²) in [6, 6.07) is 2.07. The molecule has 0 bridgehead atoms. The third-order valence-electron chi connectivity index (χ3n) is 2.98. The number of furan rings is 1. The van der Waals surface area contributed by atoms with Crippen LogP contribution in [0.2, 0.25) is 0 Å². The Morgan fingerprint density at radius 2 is 1.94 bits per heavy atom. The molecule has 0 radical (unpaired) electrons. The molecule has 0 aliphatic carbocycles. The first-order valence-corrected chi connectivity index (χ1v) is 6.31. The van der Waals surface area contributed by atoms with Gasteiger partial charge in [-0.25, -0.2) is 0 Å². The molecule has 2 heteroatoms. The van der Waals surface area contributed by atoms with Gasteiger partial charge in [-0.15, -0.1) is 0 Å². The summed E-state index contributed by atoms with van der Waals surface area (Å²) < 4.78 is 5.12. The Morgan fingerprint density at radius 3 is 2.44 bits per heavy atom. The number of nitrogens with one attached hydrogen (secondary N) is 1. The fourth-order valence-corrected chi connectivity index (χ4v) is 1.81. The lowest BCUT2D eigenvalue weighted by atomic mass is 9.90. The SMILES string of the molecule is CC(C)CNCC(Cc1ccoc1)C(C)C. The lowest BCUT2D eigenvalue weighted by Crippen LogP contribution is -2.30. The molecule has 92 valence electrons. The molecule has 2 nitrogen and oxygen atoms in total. The van der Waals surface area contributed by atoms with Gasteiger partial charge in [-0.3, -0.25) is 0 Å². The summed E-state index contributed by atoms with van der Waals surface area (Å²) in [6.07, 6.45) is 4.73. The first-order chi connectivity index (χ1) is 7.59. The Kier molecular flexibility index (Phi) is 5.61. The standard InChI is InChI=1S/C14H25NO/c1-11(2)8-15-9-14(12(3)4)7-13-5-6-16-10-13/h5-6,10-12,14-15H,7-9H2,1-4H3. The predicted octanol–water partition coefficient (Wildman–Crippen LogP) is 3.34. The summed E-state index contributed by atoms with van der Waals surface area (Å²) in [5.74, 6) is 2.12. The highest BCUT2D eigenvalue weighted by Crippen LogP contribution is 2.17. The molecule has 1 atom stereocenters. The number of hydrogen-bond acceptors (Lipinski definition) is 2. The van der Waals surface area contributed by atoms with Gasteiger partial charge in [0, 0.05) is 0 Å². The Morgan fingerprint density at radius 1 is 1.19 bits per heavy atom. The van der Waals surface area contributed by atoms with Gasteiger partial charge in [-0.2, -0.15) is 0 Å². The molecule has 0 aliphatic heterocycles. The highest BCUT2D eigenvalue weighted by molar-refractivity contribution is 5.06. The lowest BCUT2D eigenvalue weighted by molar-refractivity contribution is 0.351. The number of hydrogen-bond donors (Lipinski definition) is 1. The fraction of sp³-hybridized carbons (Fsp3) is 0.714. The van der Waals surface area contributed by atoms with Gasteiger partial charge in [-0.1, -0.05) is 27.7 Å². The van der Waals surface area contributed by atoms with Crippen molar-refractivity contribution in [3.8, 4) is 0 Å². The van der Waals surface area contributed by atoms with E-state index in [-0.39, 0.29) is 0 Å². The zero-order valence-electron chi connectivity index (χ0n) is 11.0. The number of rotatable bonds is 7. The maximum absolute atomic E-state index is 5.12. The highest BCUT2D eigenvalue weighted by Gasteiger charge is 2.14. The maximum atomic E-state index is 5.12. The summed E-state index contributed by atoms with van der Waals surface area (Å²) in [4.78, 5) is 0. The van der Waals surface area contributed by atoms with Crippen LogP contribution in [0.1, 0.15) is 33.3 Å². The minimum atomic E-state index is 0.691. The van der Waals surface area contributed by atoms with Crippen molar-refractivity contribution < 1.29 is 4.42 Å². The monoisotopic (exact) mass is 223 g/mol. The van der Waals surface area contributed by atoms with E-state index in [4.69, 9.17) is 4.42 Å². The summed E-state index contributed by atoms with van der Waals surface area (Å²) in [5, 5.41) is 3.55. The molecule has 0 aromatic carbocycles. The van der Waals surface area contributed by atoms with Crippen LogP contribution in [0.15, 0.2) is 23.0 Å². The van der Waals surface area contributed by atoms with Crippen LogP contribution in [0.4, 0.5) is 0 Å². The van der Waals surface area contributed by atoms with Gasteiger partial charge in [0.1, 0.15) is 0 Å². The zero-order chi connectivity index (χ0) is 12.0. The largest absolute Gasteiger partial charge is 0.472 e. The first-order valence-electron chi connectivity index (χ1n) is 6.31. The normalized spacial score (nSPS) is 13.6. The average Bonchev–Trinajstić information content (AvgIpc) is 2.68. The van der Waals surface area contributed by atoms with E-state index < -0.39 is 0 Å². The smallest absolute Gasteiger partial charge is 0.0934 e. The molecule has 0 aliphatic rings. The third kappa shape index (κ3) is 4.84. The van der Waals surface area contributed by atoms with Crippen LogP contribution >= 0.6 is 0 Å². The van der Waals surface area contributed by atoms with Crippen LogP contribution in [0.3, 0.4) is 0 Å². The van der Waals surface area contributed by atoms with Crippen LogP contribution in [0.5, 0.6) is 0 Å². The molecule has 1 aromatic heterocycles. The molecule has 0 saturated heterocycles. The van der Waals surface area contributed by atoms with E-state index in [9.17, 15) is 0 Å². The van der Waals surface area contributed by atoms with Gasteiger partial charge >= 0.3 is 0 Å². The van der Waals surface area contributed by atoms with E-state index in [0.717, 1.165) is 25.4 Å². The van der Waals surface area contributed by atoms with Crippen molar-refractivity contribution in [1.29, 1.82) is 0 Å². The van der Waals surface area contributed by atoms with Crippen LogP contribution < -0.4 is 5.32 Å². The van der Waals surface area contributed by atoms with Gasteiger partial charge < -0.3 is 9.73 Å². The molecule has 16 heavy (non-hydrogen) atoms. The first kappa shape index (κ1) is 13.3. The molecule has 1 aromatic rings. The summed E-state index contributed by atoms with van der Waals surface area (Å²) in [5.41, 5.74) is 1.31. The van der Waals surface area contributed by atoms with E-state index >= 15 is 0 Å². The molecule has 0 saturated carbocycles. The van der Waals surface area contributed by atoms with Crippen molar-refractivity contribution >= 4 is 0 Å². The molecule has 0 spiro atoms. The summed E-state index contributed by atoms with van der Waals surface area (Å²) in [7, 11) is 0. The van der Waals surface area contributed by atoms with Crippen LogP contribution in [-0.4, -0.2) is 13.1 Å². The molecule has 0 amide bonds. The van der Waals surface area contributed by atoms with E-state index in [0.29, 0.717) is 11.8 Å². The topological polar surface area (TPSA) is 25.2 Å². The summed E-state index contributed by atoms with van der Waals surface area (Å²) in [6.45, 7) is 11.3. The second-order valence-corrected chi connectivity index (χ2v) is 5.39. The van der Waals surface area contributed by atoms with Crippen molar-refractivity contribution in [2.24, 2.45) is 17.8 Å². The Hall–Kier alpha value is -0.760. The molecular weight excluding hydrogens is 198 g/mol. The van der Waals surface area contributed by atoms with Crippen LogP contribution in [-0.2, 0) is 6.42 Å². The molecule has 1 unspecified atom stereocenters. The maximum Gasteiger partial charge on any atom is 0.0934 e.